The van der Waals surface area contributed by atoms with Crippen molar-refractivity contribution in [3.8, 4) is 50.2 Å². The third-order valence-corrected chi connectivity index (χ3v) is 13.4. The summed E-state index contributed by atoms with van der Waals surface area (Å²) in [5.41, 5.74) is 19.3. The Labute approximate surface area is 368 Å². The van der Waals surface area contributed by atoms with E-state index < -0.39 is 0 Å². The molecule has 0 radical (unpaired) electrons. The Kier molecular flexibility index (Phi) is 8.55. The fourth-order valence-corrected chi connectivity index (χ4v) is 10.6. The molecule has 1 heterocycles. The van der Waals surface area contributed by atoms with Crippen molar-refractivity contribution in [2.45, 2.75) is 19.3 Å². The highest BCUT2D eigenvalue weighted by molar-refractivity contribution is 6.16. The van der Waals surface area contributed by atoms with Crippen LogP contribution in [0.15, 0.2) is 231 Å². The van der Waals surface area contributed by atoms with Crippen molar-refractivity contribution in [1.29, 1.82) is 0 Å². The molecule has 2 heteroatoms. The van der Waals surface area contributed by atoms with Crippen molar-refractivity contribution < 1.29 is 0 Å². The predicted octanol–water partition coefficient (Wildman–Crippen LogP) is 16.7. The van der Waals surface area contributed by atoms with Crippen molar-refractivity contribution in [3.05, 3.63) is 242 Å². The van der Waals surface area contributed by atoms with Crippen molar-refractivity contribution in [2.24, 2.45) is 0 Å². The van der Waals surface area contributed by atoms with Gasteiger partial charge in [-0.2, -0.15) is 0 Å². The first kappa shape index (κ1) is 36.9. The Morgan fingerprint density at radius 3 is 1.70 bits per heavy atom. The van der Waals surface area contributed by atoms with Gasteiger partial charge < -0.3 is 9.47 Å². The maximum atomic E-state index is 2.52. The van der Waals surface area contributed by atoms with E-state index >= 15 is 0 Å². The van der Waals surface area contributed by atoms with E-state index in [9.17, 15) is 0 Å². The summed E-state index contributed by atoms with van der Waals surface area (Å²) in [5.74, 6) is 0. The summed E-state index contributed by atoms with van der Waals surface area (Å²) in [5, 5.41) is 4.98. The normalized spacial score (nSPS) is 12.7. The number of benzene rings is 10. The first-order chi connectivity index (χ1) is 31.1. The number of fused-ring (bicyclic) bond motifs is 7. The zero-order valence-electron chi connectivity index (χ0n) is 35.3. The average Bonchev–Trinajstić information content (AvgIpc) is 3.81. The van der Waals surface area contributed by atoms with Crippen LogP contribution in [0.25, 0.3) is 82.8 Å². The molecule has 0 fully saturated rings. The number of para-hydroxylation sites is 3. The van der Waals surface area contributed by atoms with Gasteiger partial charge in [0.2, 0.25) is 0 Å². The first-order valence-corrected chi connectivity index (χ1v) is 21.9. The SMILES string of the molecule is CC1(C)c2ccccc2-c2c(N(c3ccc(-c4cccc5c4c4ccccc4n5-c4ccccc4)cc3)c3ccccc3-c3cccc4cccc(-c5ccccc5)c34)cccc21. The number of hydrogen-bond acceptors (Lipinski definition) is 1. The minimum absolute atomic E-state index is 0.144. The summed E-state index contributed by atoms with van der Waals surface area (Å²) in [4.78, 5) is 2.52. The molecule has 11 aromatic rings. The Hall–Kier alpha value is -7.94. The second kappa shape index (κ2) is 14.6. The standard InChI is InChI=1S/C61H44N2/c1-61(2)52-31-12-9-26-50(52)60-53(61)32-18-36-57(60)63(54-33-13-10-25-48(54)49-30-16-22-43-21-15-28-46(58(43)49)41-19-5-3-6-20-41)45-39-37-42(38-40-45)47-29-17-35-56-59(47)51-27-11-14-34-55(51)62(56)44-23-7-4-8-24-44/h3-40H,1-2H3. The van der Waals surface area contributed by atoms with Crippen LogP contribution in [0.4, 0.5) is 17.1 Å². The molecule has 0 atom stereocenters. The van der Waals surface area contributed by atoms with Gasteiger partial charge in [0, 0.05) is 38.7 Å². The van der Waals surface area contributed by atoms with Gasteiger partial charge in [0.15, 0.2) is 0 Å². The highest BCUT2D eigenvalue weighted by Crippen LogP contribution is 2.55. The minimum atomic E-state index is -0.144. The van der Waals surface area contributed by atoms with Gasteiger partial charge >= 0.3 is 0 Å². The van der Waals surface area contributed by atoms with Gasteiger partial charge in [-0.15, -0.1) is 0 Å². The molecule has 0 N–H and O–H groups in total. The number of nitrogens with zero attached hydrogens (tertiary/aromatic N) is 2. The molecule has 0 spiro atoms. The zero-order valence-corrected chi connectivity index (χ0v) is 35.3. The number of aromatic nitrogens is 1. The molecule has 298 valence electrons. The Bertz CT molecular complexity index is 3520. The van der Waals surface area contributed by atoms with Crippen LogP contribution < -0.4 is 4.90 Å². The lowest BCUT2D eigenvalue weighted by atomic mass is 9.82. The Morgan fingerprint density at radius 2 is 0.905 bits per heavy atom. The van der Waals surface area contributed by atoms with Gasteiger partial charge in [0.05, 0.1) is 22.4 Å². The van der Waals surface area contributed by atoms with Crippen LogP contribution in [0.1, 0.15) is 25.0 Å². The molecule has 63 heavy (non-hydrogen) atoms. The maximum absolute atomic E-state index is 2.52. The summed E-state index contributed by atoms with van der Waals surface area (Å²) >= 11 is 0. The number of hydrogen-bond donors (Lipinski definition) is 0. The second-order valence-electron chi connectivity index (χ2n) is 17.2. The highest BCUT2D eigenvalue weighted by atomic mass is 15.1. The Morgan fingerprint density at radius 1 is 0.365 bits per heavy atom. The third kappa shape index (κ3) is 5.79. The summed E-state index contributed by atoms with van der Waals surface area (Å²) < 4.78 is 2.40. The van der Waals surface area contributed by atoms with Crippen LogP contribution in [0.3, 0.4) is 0 Å². The summed E-state index contributed by atoms with van der Waals surface area (Å²) in [7, 11) is 0. The maximum Gasteiger partial charge on any atom is 0.0547 e. The molecule has 2 nitrogen and oxygen atoms in total. The number of anilines is 3. The van der Waals surface area contributed by atoms with Crippen molar-refractivity contribution in [3.63, 3.8) is 0 Å². The molecule has 0 saturated carbocycles. The topological polar surface area (TPSA) is 8.17 Å². The van der Waals surface area contributed by atoms with E-state index in [0.29, 0.717) is 0 Å². The quantitative estimate of drug-likeness (QED) is 0.156. The molecule has 0 saturated heterocycles. The second-order valence-corrected chi connectivity index (χ2v) is 17.2. The lowest BCUT2D eigenvalue weighted by Crippen LogP contribution is -2.16. The van der Waals surface area contributed by atoms with Crippen LogP contribution in [0.2, 0.25) is 0 Å². The van der Waals surface area contributed by atoms with E-state index in [1.807, 2.05) is 0 Å². The van der Waals surface area contributed by atoms with Gasteiger partial charge in [0.25, 0.3) is 0 Å². The highest BCUT2D eigenvalue weighted by Gasteiger charge is 2.38. The van der Waals surface area contributed by atoms with Gasteiger partial charge in [-0.3, -0.25) is 0 Å². The molecule has 0 bridgehead atoms. The largest absolute Gasteiger partial charge is 0.309 e. The van der Waals surface area contributed by atoms with Crippen LogP contribution in [0.5, 0.6) is 0 Å². The van der Waals surface area contributed by atoms with E-state index in [-0.39, 0.29) is 5.41 Å². The van der Waals surface area contributed by atoms with Crippen LogP contribution in [-0.2, 0) is 5.41 Å². The molecule has 12 rings (SSSR count). The van der Waals surface area contributed by atoms with Gasteiger partial charge in [0.1, 0.15) is 0 Å². The average molecular weight is 805 g/mol. The number of rotatable bonds is 7. The van der Waals surface area contributed by atoms with E-state index in [2.05, 4.69) is 254 Å². The lowest BCUT2D eigenvalue weighted by Gasteiger charge is -2.31. The summed E-state index contributed by atoms with van der Waals surface area (Å²) in [6, 6.07) is 84.6. The van der Waals surface area contributed by atoms with Crippen molar-refractivity contribution in [1.82, 2.24) is 4.57 Å². The zero-order chi connectivity index (χ0) is 42.1. The van der Waals surface area contributed by atoms with E-state index in [1.165, 1.54) is 93.9 Å². The van der Waals surface area contributed by atoms with Crippen LogP contribution >= 0.6 is 0 Å². The van der Waals surface area contributed by atoms with E-state index in [1.54, 1.807) is 0 Å². The molecule has 1 aromatic heterocycles. The molecular formula is C61H44N2. The molecule has 1 aliphatic carbocycles. The molecular weight excluding hydrogens is 761 g/mol. The van der Waals surface area contributed by atoms with Gasteiger partial charge in [-0.05, 0) is 104 Å². The Balaban J connectivity index is 1.09. The van der Waals surface area contributed by atoms with Crippen LogP contribution in [-0.4, -0.2) is 4.57 Å². The van der Waals surface area contributed by atoms with Crippen LogP contribution in [0, 0.1) is 0 Å². The van der Waals surface area contributed by atoms with E-state index in [0.717, 1.165) is 17.1 Å². The smallest absolute Gasteiger partial charge is 0.0547 e. The fourth-order valence-electron chi connectivity index (χ4n) is 10.6. The van der Waals surface area contributed by atoms with Crippen molar-refractivity contribution >= 4 is 49.6 Å². The fraction of sp³-hybridized carbons (Fsp3) is 0.0492. The molecule has 0 unspecified atom stereocenters. The predicted molar refractivity (Wildman–Crippen MR) is 267 cm³/mol. The minimum Gasteiger partial charge on any atom is -0.309 e. The summed E-state index contributed by atoms with van der Waals surface area (Å²) in [6.07, 6.45) is 0. The van der Waals surface area contributed by atoms with Crippen molar-refractivity contribution in [2.75, 3.05) is 4.90 Å². The molecule has 1 aliphatic rings. The first-order valence-electron chi connectivity index (χ1n) is 21.9. The van der Waals surface area contributed by atoms with Gasteiger partial charge in [-0.1, -0.05) is 196 Å². The monoisotopic (exact) mass is 804 g/mol. The third-order valence-electron chi connectivity index (χ3n) is 13.4. The lowest BCUT2D eigenvalue weighted by molar-refractivity contribution is 0.660. The van der Waals surface area contributed by atoms with E-state index in [4.69, 9.17) is 0 Å². The molecule has 0 aliphatic heterocycles. The molecule has 10 aromatic carbocycles. The van der Waals surface area contributed by atoms with Gasteiger partial charge in [-0.25, -0.2) is 0 Å². The summed E-state index contributed by atoms with van der Waals surface area (Å²) in [6.45, 7) is 4.73. The molecule has 0 amide bonds.